The standard InChI is InChI=1S/C10H11N5O2S/c1-5-7(9(17)13-6(2)12-5)3-8(16)14-10-15-11-4-18-10/h4H,3H2,1-2H3,(H,12,13,17)(H,14,15,16). The molecule has 0 aliphatic rings. The number of aromatic nitrogens is 4. The van der Waals surface area contributed by atoms with E-state index < -0.39 is 0 Å². The van der Waals surface area contributed by atoms with E-state index in [0.29, 0.717) is 22.2 Å². The van der Waals surface area contributed by atoms with E-state index >= 15 is 0 Å². The van der Waals surface area contributed by atoms with Crippen molar-refractivity contribution >= 4 is 22.4 Å². The molecule has 0 saturated carbocycles. The third kappa shape index (κ3) is 2.77. The van der Waals surface area contributed by atoms with E-state index in [4.69, 9.17) is 0 Å². The molecule has 2 aromatic rings. The first-order valence-corrected chi connectivity index (χ1v) is 6.06. The highest BCUT2D eigenvalue weighted by Gasteiger charge is 2.12. The van der Waals surface area contributed by atoms with Gasteiger partial charge in [0.15, 0.2) is 0 Å². The lowest BCUT2D eigenvalue weighted by atomic mass is 10.1. The molecule has 0 atom stereocenters. The molecule has 0 bridgehead atoms. The smallest absolute Gasteiger partial charge is 0.254 e. The number of anilines is 1. The lowest BCUT2D eigenvalue weighted by Gasteiger charge is -2.04. The van der Waals surface area contributed by atoms with Gasteiger partial charge in [0.2, 0.25) is 11.0 Å². The first-order valence-electron chi connectivity index (χ1n) is 5.18. The largest absolute Gasteiger partial charge is 0.311 e. The van der Waals surface area contributed by atoms with E-state index in [9.17, 15) is 9.59 Å². The summed E-state index contributed by atoms with van der Waals surface area (Å²) in [7, 11) is 0. The number of H-pyrrole nitrogens is 1. The summed E-state index contributed by atoms with van der Waals surface area (Å²) < 4.78 is 0. The van der Waals surface area contributed by atoms with Gasteiger partial charge in [-0.15, -0.1) is 10.2 Å². The van der Waals surface area contributed by atoms with Gasteiger partial charge >= 0.3 is 0 Å². The first-order chi connectivity index (χ1) is 8.56. The van der Waals surface area contributed by atoms with Crippen molar-refractivity contribution in [2.24, 2.45) is 0 Å². The second kappa shape index (κ2) is 5.05. The molecule has 0 saturated heterocycles. The van der Waals surface area contributed by atoms with Gasteiger partial charge in [0.05, 0.1) is 6.42 Å². The lowest BCUT2D eigenvalue weighted by molar-refractivity contribution is -0.115. The Bertz CT molecular complexity index is 620. The molecule has 0 fully saturated rings. The zero-order valence-electron chi connectivity index (χ0n) is 9.85. The van der Waals surface area contributed by atoms with Gasteiger partial charge in [-0.1, -0.05) is 11.3 Å². The summed E-state index contributed by atoms with van der Waals surface area (Å²) in [6.07, 6.45) is -0.0337. The number of carbonyl (C=O) groups excluding carboxylic acids is 1. The molecule has 0 spiro atoms. The molecular formula is C10H11N5O2S. The highest BCUT2D eigenvalue weighted by atomic mass is 32.1. The minimum Gasteiger partial charge on any atom is -0.311 e. The van der Waals surface area contributed by atoms with Crippen molar-refractivity contribution in [2.45, 2.75) is 20.3 Å². The molecule has 1 amide bonds. The number of amides is 1. The van der Waals surface area contributed by atoms with E-state index in [2.05, 4.69) is 25.5 Å². The van der Waals surface area contributed by atoms with Crippen molar-refractivity contribution in [1.29, 1.82) is 0 Å². The van der Waals surface area contributed by atoms with E-state index in [0.717, 1.165) is 0 Å². The predicted octanol–water partition coefficient (Wildman–Crippen LogP) is 0.419. The maximum atomic E-state index is 11.7. The van der Waals surface area contributed by atoms with Crippen LogP contribution in [-0.2, 0) is 11.2 Å². The van der Waals surface area contributed by atoms with Crippen LogP contribution in [0.15, 0.2) is 10.3 Å². The average Bonchev–Trinajstić information content (AvgIpc) is 2.76. The van der Waals surface area contributed by atoms with Gasteiger partial charge in [-0.05, 0) is 13.8 Å². The van der Waals surface area contributed by atoms with Crippen LogP contribution >= 0.6 is 11.3 Å². The highest BCUT2D eigenvalue weighted by molar-refractivity contribution is 7.13. The first kappa shape index (κ1) is 12.4. The van der Waals surface area contributed by atoms with E-state index in [1.54, 1.807) is 13.8 Å². The Morgan fingerprint density at radius 2 is 2.28 bits per heavy atom. The van der Waals surface area contributed by atoms with Gasteiger partial charge in [-0.2, -0.15) is 0 Å². The van der Waals surface area contributed by atoms with Crippen LogP contribution in [0.4, 0.5) is 5.13 Å². The average molecular weight is 265 g/mol. The van der Waals surface area contributed by atoms with Gasteiger partial charge in [0, 0.05) is 11.3 Å². The number of nitrogens with zero attached hydrogens (tertiary/aromatic N) is 3. The summed E-state index contributed by atoms with van der Waals surface area (Å²) in [6, 6.07) is 0. The monoisotopic (exact) mass is 265 g/mol. The third-order valence-electron chi connectivity index (χ3n) is 2.28. The summed E-state index contributed by atoms with van der Waals surface area (Å²) >= 11 is 1.22. The summed E-state index contributed by atoms with van der Waals surface area (Å²) in [6.45, 7) is 3.40. The second-order valence-electron chi connectivity index (χ2n) is 3.68. The highest BCUT2D eigenvalue weighted by Crippen LogP contribution is 2.09. The number of nitrogens with one attached hydrogen (secondary N) is 2. The maximum Gasteiger partial charge on any atom is 0.254 e. The number of hydrogen-bond donors (Lipinski definition) is 2. The van der Waals surface area contributed by atoms with Crippen LogP contribution in [-0.4, -0.2) is 26.1 Å². The molecule has 0 radical (unpaired) electrons. The summed E-state index contributed by atoms with van der Waals surface area (Å²) in [5.74, 6) is 0.219. The fourth-order valence-electron chi connectivity index (χ4n) is 1.51. The van der Waals surface area contributed by atoms with Crippen LogP contribution in [0.25, 0.3) is 0 Å². The Kier molecular flexibility index (Phi) is 3.47. The molecule has 0 aliphatic carbocycles. The minimum absolute atomic E-state index is 0.0337. The van der Waals surface area contributed by atoms with Gasteiger partial charge in [0.25, 0.3) is 5.56 Å². The van der Waals surface area contributed by atoms with Crippen LogP contribution in [0.1, 0.15) is 17.1 Å². The number of rotatable bonds is 3. The van der Waals surface area contributed by atoms with E-state index in [1.807, 2.05) is 0 Å². The molecule has 2 rings (SSSR count). The van der Waals surface area contributed by atoms with Crippen LogP contribution in [0.5, 0.6) is 0 Å². The third-order valence-corrected chi connectivity index (χ3v) is 2.89. The molecule has 8 heteroatoms. The Labute approximate surface area is 106 Å². The fourth-order valence-corrected chi connectivity index (χ4v) is 1.97. The van der Waals surface area contributed by atoms with Crippen LogP contribution < -0.4 is 10.9 Å². The van der Waals surface area contributed by atoms with Crippen molar-refractivity contribution in [3.05, 3.63) is 32.9 Å². The predicted molar refractivity (Wildman–Crippen MR) is 66.6 cm³/mol. The van der Waals surface area contributed by atoms with Gasteiger partial charge in [-0.3, -0.25) is 9.59 Å². The fraction of sp³-hybridized carbons (Fsp3) is 0.300. The molecule has 2 heterocycles. The number of hydrogen-bond acceptors (Lipinski definition) is 6. The molecule has 0 aliphatic heterocycles. The van der Waals surface area contributed by atoms with Gasteiger partial charge < -0.3 is 10.3 Å². The molecule has 0 unspecified atom stereocenters. The molecule has 0 aromatic carbocycles. The molecular weight excluding hydrogens is 254 g/mol. The molecule has 2 N–H and O–H groups in total. The Morgan fingerprint density at radius 1 is 1.50 bits per heavy atom. The SMILES string of the molecule is Cc1nc(C)c(CC(=O)Nc2nncs2)c(=O)[nH]1. The van der Waals surface area contributed by atoms with Crippen molar-refractivity contribution in [3.63, 3.8) is 0 Å². The van der Waals surface area contributed by atoms with Crippen molar-refractivity contribution in [1.82, 2.24) is 20.2 Å². The number of carbonyl (C=O) groups is 1. The summed E-state index contributed by atoms with van der Waals surface area (Å²) in [5.41, 5.74) is 2.15. The van der Waals surface area contributed by atoms with Crippen molar-refractivity contribution < 1.29 is 4.79 Å². The topological polar surface area (TPSA) is 101 Å². The Balaban J connectivity index is 2.15. The quantitative estimate of drug-likeness (QED) is 0.837. The van der Waals surface area contributed by atoms with Crippen molar-refractivity contribution in [3.8, 4) is 0 Å². The van der Waals surface area contributed by atoms with Gasteiger partial charge in [0.1, 0.15) is 11.3 Å². The minimum atomic E-state index is -0.314. The normalized spacial score (nSPS) is 10.3. The van der Waals surface area contributed by atoms with E-state index in [1.165, 1.54) is 16.8 Å². The van der Waals surface area contributed by atoms with Crippen molar-refractivity contribution in [2.75, 3.05) is 5.32 Å². The zero-order chi connectivity index (χ0) is 13.1. The van der Waals surface area contributed by atoms with Gasteiger partial charge in [-0.25, -0.2) is 4.98 Å². The number of aryl methyl sites for hydroxylation is 2. The zero-order valence-corrected chi connectivity index (χ0v) is 10.7. The summed E-state index contributed by atoms with van der Waals surface area (Å²) in [5, 5.41) is 10.3. The molecule has 7 nitrogen and oxygen atoms in total. The molecule has 18 heavy (non-hydrogen) atoms. The lowest BCUT2D eigenvalue weighted by Crippen LogP contribution is -2.24. The Hall–Kier alpha value is -2.09. The number of aromatic amines is 1. The molecule has 2 aromatic heterocycles. The van der Waals surface area contributed by atoms with Crippen LogP contribution in [0, 0.1) is 13.8 Å². The second-order valence-corrected chi connectivity index (χ2v) is 4.52. The summed E-state index contributed by atoms with van der Waals surface area (Å²) in [4.78, 5) is 30.1. The van der Waals surface area contributed by atoms with E-state index in [-0.39, 0.29) is 17.9 Å². The van der Waals surface area contributed by atoms with Crippen LogP contribution in [0.2, 0.25) is 0 Å². The maximum absolute atomic E-state index is 11.7. The van der Waals surface area contributed by atoms with Crippen LogP contribution in [0.3, 0.4) is 0 Å². The Morgan fingerprint density at radius 3 is 2.89 bits per heavy atom. The molecule has 94 valence electrons.